The van der Waals surface area contributed by atoms with Crippen molar-refractivity contribution in [2.45, 2.75) is 32.1 Å². The minimum absolute atomic E-state index is 0.233. The lowest BCUT2D eigenvalue weighted by Gasteiger charge is -2.39. The molecule has 0 saturated carbocycles. The highest BCUT2D eigenvalue weighted by Crippen LogP contribution is 2.34. The molecule has 0 bridgehead atoms. The maximum Gasteiger partial charge on any atom is 0.227 e. The van der Waals surface area contributed by atoms with Crippen molar-refractivity contribution in [2.24, 2.45) is 5.92 Å². The maximum atomic E-state index is 9.86. The molecule has 3 rings (SSSR count). The first kappa shape index (κ1) is 18.6. The fourth-order valence-corrected chi connectivity index (χ4v) is 3.60. The van der Waals surface area contributed by atoms with Gasteiger partial charge in [0, 0.05) is 45.8 Å². The van der Waals surface area contributed by atoms with Gasteiger partial charge in [0.25, 0.3) is 0 Å². The van der Waals surface area contributed by atoms with E-state index in [4.69, 9.17) is 4.98 Å². The van der Waals surface area contributed by atoms with Crippen LogP contribution in [-0.2, 0) is 0 Å². The standard InChI is InChI=1S/C21H30N4O/c1-15(2)19-12-20(23-21(22-19)24(3)4)25-11-10-17(14-26)18(13-25)16-8-6-5-7-9-16/h5-9,12,15,17-18,26H,10-11,13-14H2,1-4H3. The molecule has 0 aliphatic carbocycles. The van der Waals surface area contributed by atoms with Gasteiger partial charge in [-0.15, -0.1) is 0 Å². The zero-order valence-electron chi connectivity index (χ0n) is 16.3. The largest absolute Gasteiger partial charge is 0.396 e. The van der Waals surface area contributed by atoms with Crippen LogP contribution in [-0.4, -0.2) is 48.9 Å². The third kappa shape index (κ3) is 3.98. The first-order chi connectivity index (χ1) is 12.5. The fourth-order valence-electron chi connectivity index (χ4n) is 3.60. The Balaban J connectivity index is 1.92. The van der Waals surface area contributed by atoms with Gasteiger partial charge in [-0.2, -0.15) is 4.98 Å². The van der Waals surface area contributed by atoms with Gasteiger partial charge in [0.05, 0.1) is 5.69 Å². The molecule has 1 aromatic carbocycles. The minimum atomic E-state index is 0.233. The number of hydrogen-bond donors (Lipinski definition) is 1. The van der Waals surface area contributed by atoms with E-state index >= 15 is 0 Å². The first-order valence-corrected chi connectivity index (χ1v) is 9.46. The molecule has 1 fully saturated rings. The summed E-state index contributed by atoms with van der Waals surface area (Å²) in [5, 5.41) is 9.86. The number of benzene rings is 1. The van der Waals surface area contributed by atoms with Crippen LogP contribution >= 0.6 is 0 Å². The summed E-state index contributed by atoms with van der Waals surface area (Å²) in [6, 6.07) is 12.7. The molecule has 1 aliphatic rings. The number of aromatic nitrogens is 2. The Kier molecular flexibility index (Phi) is 5.77. The second-order valence-electron chi connectivity index (χ2n) is 7.69. The van der Waals surface area contributed by atoms with Crippen LogP contribution in [0.5, 0.6) is 0 Å². The Morgan fingerprint density at radius 2 is 1.92 bits per heavy atom. The average Bonchev–Trinajstić information content (AvgIpc) is 2.67. The van der Waals surface area contributed by atoms with Crippen molar-refractivity contribution in [3.05, 3.63) is 47.7 Å². The molecular formula is C21H30N4O. The molecule has 1 aromatic heterocycles. The second kappa shape index (κ2) is 8.04. The third-order valence-corrected chi connectivity index (χ3v) is 5.25. The predicted molar refractivity (Wildman–Crippen MR) is 107 cm³/mol. The van der Waals surface area contributed by atoms with Crippen molar-refractivity contribution in [2.75, 3.05) is 43.6 Å². The van der Waals surface area contributed by atoms with E-state index in [2.05, 4.69) is 54.1 Å². The summed E-state index contributed by atoms with van der Waals surface area (Å²) in [5.74, 6) is 2.72. The lowest BCUT2D eigenvalue weighted by atomic mass is 9.81. The van der Waals surface area contributed by atoms with E-state index in [9.17, 15) is 5.11 Å². The zero-order valence-corrected chi connectivity index (χ0v) is 16.3. The molecule has 1 aliphatic heterocycles. The molecule has 2 heterocycles. The molecule has 2 unspecified atom stereocenters. The highest BCUT2D eigenvalue weighted by molar-refractivity contribution is 5.47. The summed E-state index contributed by atoms with van der Waals surface area (Å²) >= 11 is 0. The lowest BCUT2D eigenvalue weighted by molar-refractivity contribution is 0.184. The Morgan fingerprint density at radius 1 is 1.19 bits per heavy atom. The SMILES string of the molecule is CC(C)c1cc(N2CCC(CO)C(c3ccccc3)C2)nc(N(C)C)n1. The Hall–Kier alpha value is -2.14. The number of aliphatic hydroxyl groups excluding tert-OH is 1. The van der Waals surface area contributed by atoms with E-state index < -0.39 is 0 Å². The van der Waals surface area contributed by atoms with Gasteiger partial charge in [-0.05, 0) is 23.8 Å². The molecule has 26 heavy (non-hydrogen) atoms. The van der Waals surface area contributed by atoms with Crippen molar-refractivity contribution in [1.82, 2.24) is 9.97 Å². The summed E-state index contributed by atoms with van der Waals surface area (Å²) < 4.78 is 0. The molecule has 1 saturated heterocycles. The van der Waals surface area contributed by atoms with Crippen LogP contribution in [0, 0.1) is 5.92 Å². The number of anilines is 2. The summed E-state index contributed by atoms with van der Waals surface area (Å²) in [6.07, 6.45) is 0.967. The molecule has 0 spiro atoms. The predicted octanol–water partition coefficient (Wildman–Crippen LogP) is 3.27. The minimum Gasteiger partial charge on any atom is -0.396 e. The Bertz CT molecular complexity index is 691. The van der Waals surface area contributed by atoms with E-state index in [0.717, 1.165) is 37.0 Å². The van der Waals surface area contributed by atoms with E-state index in [1.807, 2.05) is 25.1 Å². The topological polar surface area (TPSA) is 52.5 Å². The summed E-state index contributed by atoms with van der Waals surface area (Å²) in [5.41, 5.74) is 2.36. The van der Waals surface area contributed by atoms with Crippen LogP contribution in [0.3, 0.4) is 0 Å². The van der Waals surface area contributed by atoms with Crippen LogP contribution < -0.4 is 9.80 Å². The van der Waals surface area contributed by atoms with Gasteiger partial charge in [0.15, 0.2) is 0 Å². The highest BCUT2D eigenvalue weighted by atomic mass is 16.3. The monoisotopic (exact) mass is 354 g/mol. The van der Waals surface area contributed by atoms with Gasteiger partial charge in [-0.3, -0.25) is 0 Å². The lowest BCUT2D eigenvalue weighted by Crippen LogP contribution is -2.41. The smallest absolute Gasteiger partial charge is 0.227 e. The first-order valence-electron chi connectivity index (χ1n) is 9.46. The Morgan fingerprint density at radius 3 is 2.54 bits per heavy atom. The van der Waals surface area contributed by atoms with E-state index in [-0.39, 0.29) is 6.61 Å². The summed E-state index contributed by atoms with van der Waals surface area (Å²) in [6.45, 7) is 6.34. The van der Waals surface area contributed by atoms with E-state index in [1.165, 1.54) is 5.56 Å². The van der Waals surface area contributed by atoms with Gasteiger partial charge in [-0.1, -0.05) is 44.2 Å². The van der Waals surface area contributed by atoms with E-state index in [1.54, 1.807) is 0 Å². The molecule has 5 nitrogen and oxygen atoms in total. The van der Waals surface area contributed by atoms with Crippen LogP contribution in [0.15, 0.2) is 36.4 Å². The van der Waals surface area contributed by atoms with Gasteiger partial charge >= 0.3 is 0 Å². The number of nitrogens with zero attached hydrogens (tertiary/aromatic N) is 4. The molecular weight excluding hydrogens is 324 g/mol. The summed E-state index contributed by atoms with van der Waals surface area (Å²) in [7, 11) is 3.96. The van der Waals surface area contributed by atoms with Crippen LogP contribution in [0.4, 0.5) is 11.8 Å². The van der Waals surface area contributed by atoms with Gasteiger partial charge < -0.3 is 14.9 Å². The van der Waals surface area contributed by atoms with Crippen molar-refractivity contribution in [3.63, 3.8) is 0 Å². The van der Waals surface area contributed by atoms with Crippen LogP contribution in [0.1, 0.15) is 43.4 Å². The molecule has 5 heteroatoms. The molecule has 0 amide bonds. The van der Waals surface area contributed by atoms with Crippen LogP contribution in [0.25, 0.3) is 0 Å². The van der Waals surface area contributed by atoms with Crippen LogP contribution in [0.2, 0.25) is 0 Å². The zero-order chi connectivity index (χ0) is 18.7. The summed E-state index contributed by atoms with van der Waals surface area (Å²) in [4.78, 5) is 13.8. The maximum absolute atomic E-state index is 9.86. The number of aliphatic hydroxyl groups is 1. The second-order valence-corrected chi connectivity index (χ2v) is 7.69. The number of hydrogen-bond acceptors (Lipinski definition) is 5. The van der Waals surface area contributed by atoms with Crippen molar-refractivity contribution < 1.29 is 5.11 Å². The highest BCUT2D eigenvalue weighted by Gasteiger charge is 2.31. The molecule has 2 aromatic rings. The van der Waals surface area contributed by atoms with E-state index in [0.29, 0.717) is 17.8 Å². The number of rotatable bonds is 5. The van der Waals surface area contributed by atoms with Gasteiger partial charge in [0.2, 0.25) is 5.95 Å². The van der Waals surface area contributed by atoms with Crippen molar-refractivity contribution in [3.8, 4) is 0 Å². The fraction of sp³-hybridized carbons (Fsp3) is 0.524. The normalized spacial score (nSPS) is 20.5. The Labute approximate surface area is 156 Å². The quantitative estimate of drug-likeness (QED) is 0.893. The third-order valence-electron chi connectivity index (χ3n) is 5.25. The molecule has 2 atom stereocenters. The molecule has 0 radical (unpaired) electrons. The number of piperidine rings is 1. The van der Waals surface area contributed by atoms with Crippen molar-refractivity contribution in [1.29, 1.82) is 0 Å². The van der Waals surface area contributed by atoms with Gasteiger partial charge in [-0.25, -0.2) is 4.98 Å². The molecule has 1 N–H and O–H groups in total. The average molecular weight is 354 g/mol. The van der Waals surface area contributed by atoms with Crippen molar-refractivity contribution >= 4 is 11.8 Å². The van der Waals surface area contributed by atoms with Gasteiger partial charge in [0.1, 0.15) is 5.82 Å². The molecule has 140 valence electrons.